The van der Waals surface area contributed by atoms with Crippen LogP contribution in [0, 0.1) is 6.92 Å². The molecule has 2 atom stereocenters. The number of rotatable bonds is 1. The molecule has 0 bridgehead atoms. The normalized spacial score (nSPS) is 24.1. The Hall–Kier alpha value is -1.55. The molecule has 1 fully saturated rings. The van der Waals surface area contributed by atoms with Gasteiger partial charge >= 0.3 is 0 Å². The van der Waals surface area contributed by atoms with Crippen molar-refractivity contribution in [3.63, 3.8) is 0 Å². The number of phenolic OH excluding ortho intramolecular Hbond substituents is 1. The van der Waals surface area contributed by atoms with Crippen LogP contribution in [-0.4, -0.2) is 41.2 Å². The molecule has 1 saturated heterocycles. The fraction of sp³-hybridized carbons (Fsp3) is 0.500. The summed E-state index contributed by atoms with van der Waals surface area (Å²) >= 11 is 0. The van der Waals surface area contributed by atoms with Crippen LogP contribution < -0.4 is 0 Å². The van der Waals surface area contributed by atoms with E-state index in [-0.39, 0.29) is 23.9 Å². The van der Waals surface area contributed by atoms with Crippen LogP contribution >= 0.6 is 0 Å². The zero-order valence-corrected chi connectivity index (χ0v) is 11.0. The van der Waals surface area contributed by atoms with Crippen molar-refractivity contribution in [2.45, 2.75) is 33.0 Å². The maximum Gasteiger partial charge on any atom is 0.254 e. The van der Waals surface area contributed by atoms with Gasteiger partial charge in [0.1, 0.15) is 5.75 Å². The van der Waals surface area contributed by atoms with Gasteiger partial charge in [-0.25, -0.2) is 0 Å². The Kier molecular flexibility index (Phi) is 3.57. The molecule has 4 nitrogen and oxygen atoms in total. The largest absolute Gasteiger partial charge is 0.508 e. The van der Waals surface area contributed by atoms with Crippen LogP contribution in [-0.2, 0) is 4.74 Å². The Bertz CT molecular complexity index is 448. The third-order valence-corrected chi connectivity index (χ3v) is 3.24. The van der Waals surface area contributed by atoms with E-state index in [2.05, 4.69) is 0 Å². The topological polar surface area (TPSA) is 49.8 Å². The highest BCUT2D eigenvalue weighted by molar-refractivity contribution is 5.96. The third kappa shape index (κ3) is 2.48. The minimum Gasteiger partial charge on any atom is -0.508 e. The summed E-state index contributed by atoms with van der Waals surface area (Å²) < 4.78 is 5.61. The van der Waals surface area contributed by atoms with E-state index >= 15 is 0 Å². The van der Waals surface area contributed by atoms with Gasteiger partial charge in [0.2, 0.25) is 0 Å². The highest BCUT2D eigenvalue weighted by Gasteiger charge is 2.27. The first-order valence-corrected chi connectivity index (χ1v) is 6.22. The van der Waals surface area contributed by atoms with Gasteiger partial charge in [-0.2, -0.15) is 0 Å². The highest BCUT2D eigenvalue weighted by atomic mass is 16.5. The lowest BCUT2D eigenvalue weighted by Crippen LogP contribution is -2.48. The first-order chi connectivity index (χ1) is 8.49. The summed E-state index contributed by atoms with van der Waals surface area (Å²) in [5.41, 5.74) is 1.20. The molecule has 1 heterocycles. The van der Waals surface area contributed by atoms with Crippen molar-refractivity contribution in [1.29, 1.82) is 0 Å². The van der Waals surface area contributed by atoms with Gasteiger partial charge in [-0.1, -0.05) is 6.07 Å². The van der Waals surface area contributed by atoms with Crippen LogP contribution in [0.3, 0.4) is 0 Å². The molecule has 4 heteroatoms. The van der Waals surface area contributed by atoms with Crippen molar-refractivity contribution >= 4 is 5.91 Å². The lowest BCUT2D eigenvalue weighted by atomic mass is 10.1. The Morgan fingerprint density at radius 1 is 1.33 bits per heavy atom. The van der Waals surface area contributed by atoms with Crippen molar-refractivity contribution in [3.8, 4) is 5.75 Å². The van der Waals surface area contributed by atoms with E-state index < -0.39 is 0 Å². The third-order valence-electron chi connectivity index (χ3n) is 3.24. The van der Waals surface area contributed by atoms with E-state index in [1.165, 1.54) is 0 Å². The van der Waals surface area contributed by atoms with Crippen LogP contribution in [0.1, 0.15) is 29.8 Å². The SMILES string of the molecule is Cc1c(O)cccc1C(=O)N1C[C@@H](C)O[C@@H](C)C1. The Morgan fingerprint density at radius 3 is 2.56 bits per heavy atom. The van der Waals surface area contributed by atoms with E-state index in [4.69, 9.17) is 4.74 Å². The van der Waals surface area contributed by atoms with Crippen LogP contribution in [0.4, 0.5) is 0 Å². The summed E-state index contributed by atoms with van der Waals surface area (Å²) in [6, 6.07) is 5.04. The molecule has 0 spiro atoms. The average molecular weight is 249 g/mol. The molecule has 98 valence electrons. The van der Waals surface area contributed by atoms with E-state index in [1.54, 1.807) is 30.0 Å². The van der Waals surface area contributed by atoms with Gasteiger partial charge in [-0.15, -0.1) is 0 Å². The fourth-order valence-corrected chi connectivity index (χ4v) is 2.37. The number of morpholine rings is 1. The molecule has 1 N–H and O–H groups in total. The van der Waals surface area contributed by atoms with Crippen LogP contribution in [0.25, 0.3) is 0 Å². The number of nitrogens with zero attached hydrogens (tertiary/aromatic N) is 1. The van der Waals surface area contributed by atoms with Crippen molar-refractivity contribution in [2.75, 3.05) is 13.1 Å². The van der Waals surface area contributed by atoms with E-state index in [0.29, 0.717) is 24.2 Å². The maximum atomic E-state index is 12.4. The molecule has 1 aromatic rings. The lowest BCUT2D eigenvalue weighted by Gasteiger charge is -2.35. The van der Waals surface area contributed by atoms with E-state index in [0.717, 1.165) is 0 Å². The van der Waals surface area contributed by atoms with Gasteiger partial charge in [-0.3, -0.25) is 4.79 Å². The predicted octanol–water partition coefficient (Wildman–Crippen LogP) is 1.95. The van der Waals surface area contributed by atoms with Crippen LogP contribution in [0.5, 0.6) is 5.75 Å². The van der Waals surface area contributed by atoms with Gasteiger partial charge in [0.15, 0.2) is 0 Å². The molecular weight excluding hydrogens is 230 g/mol. The van der Waals surface area contributed by atoms with Gasteiger partial charge in [0.25, 0.3) is 5.91 Å². The number of hydrogen-bond donors (Lipinski definition) is 1. The molecule has 0 aromatic heterocycles. The summed E-state index contributed by atoms with van der Waals surface area (Å²) in [4.78, 5) is 14.2. The number of amides is 1. The number of hydrogen-bond acceptors (Lipinski definition) is 3. The number of phenols is 1. The first-order valence-electron chi connectivity index (χ1n) is 6.22. The lowest BCUT2D eigenvalue weighted by molar-refractivity contribution is -0.0586. The van der Waals surface area contributed by atoms with E-state index in [1.807, 2.05) is 13.8 Å². The quantitative estimate of drug-likeness (QED) is 0.827. The summed E-state index contributed by atoms with van der Waals surface area (Å²) in [5, 5.41) is 9.66. The number of benzene rings is 1. The molecule has 1 aliphatic rings. The molecule has 0 aliphatic carbocycles. The van der Waals surface area contributed by atoms with Gasteiger partial charge in [0, 0.05) is 24.2 Å². The summed E-state index contributed by atoms with van der Waals surface area (Å²) in [5.74, 6) is 0.126. The monoisotopic (exact) mass is 249 g/mol. The molecule has 18 heavy (non-hydrogen) atoms. The van der Waals surface area contributed by atoms with Crippen LogP contribution in [0.2, 0.25) is 0 Å². The van der Waals surface area contributed by atoms with Crippen molar-refractivity contribution in [1.82, 2.24) is 4.90 Å². The molecule has 1 amide bonds. The zero-order valence-electron chi connectivity index (χ0n) is 11.0. The molecule has 2 rings (SSSR count). The minimum atomic E-state index is -0.0367. The predicted molar refractivity (Wildman–Crippen MR) is 68.8 cm³/mol. The second-order valence-electron chi connectivity index (χ2n) is 4.92. The van der Waals surface area contributed by atoms with Gasteiger partial charge in [-0.05, 0) is 32.9 Å². The zero-order chi connectivity index (χ0) is 13.3. The summed E-state index contributed by atoms with van der Waals surface area (Å²) in [7, 11) is 0. The number of aromatic hydroxyl groups is 1. The smallest absolute Gasteiger partial charge is 0.254 e. The maximum absolute atomic E-state index is 12.4. The Morgan fingerprint density at radius 2 is 1.94 bits per heavy atom. The Labute approximate surface area is 107 Å². The Balaban J connectivity index is 2.23. The standard InChI is InChI=1S/C14H19NO3/c1-9-7-15(8-10(2)18-9)14(17)12-5-4-6-13(16)11(12)3/h4-6,9-10,16H,7-8H2,1-3H3/t9-,10+. The molecular formula is C14H19NO3. The molecule has 0 unspecified atom stereocenters. The second kappa shape index (κ2) is 4.98. The average Bonchev–Trinajstić information content (AvgIpc) is 2.30. The molecule has 0 radical (unpaired) electrons. The second-order valence-corrected chi connectivity index (χ2v) is 4.92. The fourth-order valence-electron chi connectivity index (χ4n) is 2.37. The molecule has 0 saturated carbocycles. The number of carbonyl (C=O) groups is 1. The molecule has 1 aromatic carbocycles. The van der Waals surface area contributed by atoms with Crippen LogP contribution in [0.15, 0.2) is 18.2 Å². The summed E-state index contributed by atoms with van der Waals surface area (Å²) in [6.45, 7) is 6.88. The highest BCUT2D eigenvalue weighted by Crippen LogP contribution is 2.22. The number of carbonyl (C=O) groups excluding carboxylic acids is 1. The molecule has 1 aliphatic heterocycles. The van der Waals surface area contributed by atoms with Gasteiger partial charge < -0.3 is 14.7 Å². The summed E-state index contributed by atoms with van der Waals surface area (Å²) in [6.07, 6.45) is 0.102. The van der Waals surface area contributed by atoms with Gasteiger partial charge in [0.05, 0.1) is 12.2 Å². The van der Waals surface area contributed by atoms with Crippen molar-refractivity contribution in [2.24, 2.45) is 0 Å². The number of ether oxygens (including phenoxy) is 1. The van der Waals surface area contributed by atoms with E-state index in [9.17, 15) is 9.90 Å². The van der Waals surface area contributed by atoms with Crippen molar-refractivity contribution in [3.05, 3.63) is 29.3 Å². The minimum absolute atomic E-state index is 0.0367. The first kappa shape index (κ1) is 12.9. The van der Waals surface area contributed by atoms with Crippen molar-refractivity contribution < 1.29 is 14.6 Å².